The summed E-state index contributed by atoms with van der Waals surface area (Å²) in [4.78, 5) is 5.94. The monoisotopic (exact) mass is 314 g/mol. The molecule has 2 rings (SSSR count). The van der Waals surface area contributed by atoms with Gasteiger partial charge in [0.2, 0.25) is 0 Å². The molecule has 0 aromatic rings. The second kappa shape index (κ2) is 5.36. The van der Waals surface area contributed by atoms with E-state index in [4.69, 9.17) is 0 Å². The van der Waals surface area contributed by atoms with Gasteiger partial charge in [0.15, 0.2) is 11.3 Å². The Hall–Kier alpha value is -0.510. The summed E-state index contributed by atoms with van der Waals surface area (Å²) in [7, 11) is 3.49. The van der Waals surface area contributed by atoms with Crippen LogP contribution in [0.15, 0.2) is 4.99 Å². The van der Waals surface area contributed by atoms with Crippen LogP contribution in [0.4, 0.5) is 13.2 Å². The van der Waals surface area contributed by atoms with Crippen LogP contribution in [0.5, 0.6) is 0 Å². The van der Waals surface area contributed by atoms with E-state index in [9.17, 15) is 28.5 Å². The summed E-state index contributed by atoms with van der Waals surface area (Å²) in [5.74, 6) is -1.43. The SMILES string of the molecule is CN(C)C1=NC2C(O)C(O)C(C(O)C(F)(F)F)C[C@@H]2S1. The first kappa shape index (κ1) is 15.9. The molecule has 0 saturated heterocycles. The Labute approximate surface area is 118 Å². The van der Waals surface area contributed by atoms with Crippen LogP contribution in [0.3, 0.4) is 0 Å². The molecule has 5 nitrogen and oxygen atoms in total. The van der Waals surface area contributed by atoms with Gasteiger partial charge in [0.25, 0.3) is 0 Å². The van der Waals surface area contributed by atoms with Crippen molar-refractivity contribution in [3.63, 3.8) is 0 Å². The number of aliphatic hydroxyl groups excluding tert-OH is 3. The van der Waals surface area contributed by atoms with Crippen LogP contribution in [0, 0.1) is 5.92 Å². The largest absolute Gasteiger partial charge is 0.414 e. The molecule has 1 fully saturated rings. The highest BCUT2D eigenvalue weighted by Crippen LogP contribution is 2.43. The molecule has 9 heteroatoms. The molecule has 5 unspecified atom stereocenters. The van der Waals surface area contributed by atoms with Crippen LogP contribution in [-0.4, -0.2) is 75.3 Å². The molecule has 20 heavy (non-hydrogen) atoms. The van der Waals surface area contributed by atoms with Crippen molar-refractivity contribution in [2.45, 2.75) is 42.2 Å². The highest BCUT2D eigenvalue weighted by molar-refractivity contribution is 8.14. The molecule has 6 atom stereocenters. The van der Waals surface area contributed by atoms with Crippen molar-refractivity contribution in [3.8, 4) is 0 Å². The van der Waals surface area contributed by atoms with Crippen molar-refractivity contribution in [2.75, 3.05) is 14.1 Å². The number of hydrogen-bond acceptors (Lipinski definition) is 6. The number of halogens is 3. The molecule has 0 spiro atoms. The fourth-order valence-corrected chi connectivity index (χ4v) is 3.92. The number of fused-ring (bicyclic) bond motifs is 1. The van der Waals surface area contributed by atoms with Gasteiger partial charge in [-0.25, -0.2) is 0 Å². The van der Waals surface area contributed by atoms with Crippen LogP contribution in [-0.2, 0) is 0 Å². The number of aliphatic imine (C=N–C) groups is 1. The quantitative estimate of drug-likeness (QED) is 0.638. The summed E-state index contributed by atoms with van der Waals surface area (Å²) >= 11 is 1.27. The molecule has 1 aliphatic carbocycles. The molecule has 0 bridgehead atoms. The van der Waals surface area contributed by atoms with Crippen molar-refractivity contribution in [1.82, 2.24) is 4.90 Å². The third-order valence-corrected chi connectivity index (χ3v) is 5.12. The standard InChI is InChI=1S/C11H17F3N2O3S/c1-16(2)10-15-6-5(20-10)3-4(7(17)8(6)18)9(19)11(12,13)14/h4-9,17-19H,3H2,1-2H3/t4?,5-,6?,7?,8?,9?/m0/s1. The average molecular weight is 314 g/mol. The van der Waals surface area contributed by atoms with E-state index in [0.29, 0.717) is 5.17 Å². The van der Waals surface area contributed by atoms with Gasteiger partial charge < -0.3 is 20.2 Å². The Morgan fingerprint density at radius 2 is 1.90 bits per heavy atom. The van der Waals surface area contributed by atoms with E-state index in [1.165, 1.54) is 11.8 Å². The third kappa shape index (κ3) is 2.76. The van der Waals surface area contributed by atoms with Gasteiger partial charge >= 0.3 is 6.18 Å². The molecule has 1 heterocycles. The zero-order chi connectivity index (χ0) is 15.2. The Morgan fingerprint density at radius 3 is 2.40 bits per heavy atom. The van der Waals surface area contributed by atoms with Crippen LogP contribution >= 0.6 is 11.8 Å². The number of aliphatic hydroxyl groups is 3. The summed E-state index contributed by atoms with van der Waals surface area (Å²) in [5.41, 5.74) is 0. The zero-order valence-electron chi connectivity index (χ0n) is 10.9. The fourth-order valence-electron chi connectivity index (χ4n) is 2.57. The molecule has 0 aromatic heterocycles. The van der Waals surface area contributed by atoms with Gasteiger partial charge in [0, 0.05) is 25.3 Å². The third-order valence-electron chi connectivity index (χ3n) is 3.66. The first-order valence-corrected chi connectivity index (χ1v) is 7.03. The lowest BCUT2D eigenvalue weighted by atomic mass is 9.78. The molecule has 2 aliphatic rings. The normalized spacial score (nSPS) is 39.2. The van der Waals surface area contributed by atoms with Gasteiger partial charge in [-0.1, -0.05) is 11.8 Å². The zero-order valence-corrected chi connectivity index (χ0v) is 11.8. The van der Waals surface area contributed by atoms with Crippen LogP contribution in [0.25, 0.3) is 0 Å². The highest BCUT2D eigenvalue weighted by atomic mass is 32.2. The topological polar surface area (TPSA) is 76.3 Å². The van der Waals surface area contributed by atoms with Gasteiger partial charge in [0.1, 0.15) is 6.10 Å². The number of alkyl halides is 3. The van der Waals surface area contributed by atoms with Gasteiger partial charge in [-0.05, 0) is 6.42 Å². The molecule has 1 saturated carbocycles. The van der Waals surface area contributed by atoms with Gasteiger partial charge in [0.05, 0.1) is 12.1 Å². The van der Waals surface area contributed by atoms with Crippen LogP contribution < -0.4 is 0 Å². The first-order chi connectivity index (χ1) is 9.12. The predicted molar refractivity (Wildman–Crippen MR) is 68.5 cm³/mol. The van der Waals surface area contributed by atoms with Crippen molar-refractivity contribution in [3.05, 3.63) is 0 Å². The lowest BCUT2D eigenvalue weighted by Gasteiger charge is -2.40. The second-order valence-corrected chi connectivity index (χ2v) is 6.53. The number of thioether (sulfide) groups is 1. The van der Waals surface area contributed by atoms with E-state index in [1.807, 2.05) is 0 Å². The minimum atomic E-state index is -4.81. The summed E-state index contributed by atoms with van der Waals surface area (Å²) < 4.78 is 37.8. The molecule has 0 radical (unpaired) electrons. The van der Waals surface area contributed by atoms with E-state index in [0.717, 1.165) is 0 Å². The van der Waals surface area contributed by atoms with Crippen LogP contribution in [0.1, 0.15) is 6.42 Å². The lowest BCUT2D eigenvalue weighted by molar-refractivity contribution is -0.238. The van der Waals surface area contributed by atoms with E-state index in [1.54, 1.807) is 19.0 Å². The second-order valence-electron chi connectivity index (χ2n) is 5.32. The van der Waals surface area contributed by atoms with Crippen molar-refractivity contribution in [2.24, 2.45) is 10.9 Å². The predicted octanol–water partition coefficient (Wildman–Crippen LogP) is 0.0529. The Kier molecular flexibility index (Phi) is 4.25. The molecule has 0 aromatic carbocycles. The lowest BCUT2D eigenvalue weighted by Crippen LogP contribution is -2.56. The Bertz CT molecular complexity index is 405. The number of amidine groups is 1. The van der Waals surface area contributed by atoms with Crippen molar-refractivity contribution in [1.29, 1.82) is 0 Å². The minimum Gasteiger partial charge on any atom is -0.390 e. The van der Waals surface area contributed by atoms with Crippen LogP contribution in [0.2, 0.25) is 0 Å². The van der Waals surface area contributed by atoms with E-state index in [2.05, 4.69) is 4.99 Å². The Balaban J connectivity index is 2.17. The molecule has 0 amide bonds. The molecular formula is C11H17F3N2O3S. The van der Waals surface area contributed by atoms with E-state index >= 15 is 0 Å². The van der Waals surface area contributed by atoms with Crippen molar-refractivity contribution < 1.29 is 28.5 Å². The molecular weight excluding hydrogens is 297 g/mol. The van der Waals surface area contributed by atoms with Crippen molar-refractivity contribution >= 4 is 16.9 Å². The van der Waals surface area contributed by atoms with Gasteiger partial charge in [-0.15, -0.1) is 0 Å². The number of rotatable bonds is 1. The van der Waals surface area contributed by atoms with E-state index in [-0.39, 0.29) is 11.7 Å². The van der Waals surface area contributed by atoms with Gasteiger partial charge in [-0.3, -0.25) is 4.99 Å². The molecule has 3 N–H and O–H groups in total. The average Bonchev–Trinajstić information content (AvgIpc) is 2.76. The maximum Gasteiger partial charge on any atom is 0.414 e. The summed E-state index contributed by atoms with van der Waals surface area (Å²) in [6, 6.07) is -0.635. The van der Waals surface area contributed by atoms with Gasteiger partial charge in [-0.2, -0.15) is 13.2 Å². The maximum atomic E-state index is 12.6. The van der Waals surface area contributed by atoms with E-state index < -0.39 is 36.4 Å². The molecule has 116 valence electrons. The smallest absolute Gasteiger partial charge is 0.390 e. The first-order valence-electron chi connectivity index (χ1n) is 6.15. The molecule has 1 aliphatic heterocycles. The minimum absolute atomic E-state index is 0.0466. The maximum absolute atomic E-state index is 12.6. The number of hydrogen-bond donors (Lipinski definition) is 3. The fraction of sp³-hybridized carbons (Fsp3) is 0.909. The number of nitrogens with zero attached hydrogens (tertiary/aromatic N) is 2. The summed E-state index contributed by atoms with van der Waals surface area (Å²) in [5, 5.41) is 29.4. The summed E-state index contributed by atoms with van der Waals surface area (Å²) in [6.07, 6.45) is -10.5. The highest BCUT2D eigenvalue weighted by Gasteiger charge is 2.54. The summed E-state index contributed by atoms with van der Waals surface area (Å²) in [6.45, 7) is 0. The Morgan fingerprint density at radius 1 is 1.30 bits per heavy atom.